The largest absolute Gasteiger partial charge is 0.440 e. The maximum absolute atomic E-state index is 11.8. The van der Waals surface area contributed by atoms with Gasteiger partial charge >= 0.3 is 11.9 Å². The van der Waals surface area contributed by atoms with E-state index >= 15 is 0 Å². The highest BCUT2D eigenvalue weighted by molar-refractivity contribution is 6.68. The smallest absolute Gasteiger partial charge is 0.335 e. The van der Waals surface area contributed by atoms with E-state index in [4.69, 9.17) is 79.1 Å². The van der Waals surface area contributed by atoms with Gasteiger partial charge in [0.15, 0.2) is 11.8 Å². The second kappa shape index (κ2) is 8.41. The molecule has 4 atom stereocenters. The Kier molecular flexibility index (Phi) is 6.91. The fourth-order valence-electron chi connectivity index (χ4n) is 4.31. The number of cyclic esters (lactones) is 2. The summed E-state index contributed by atoms with van der Waals surface area (Å²) < 4.78 is 6.70. The lowest BCUT2D eigenvalue weighted by atomic mass is 9.98. The van der Waals surface area contributed by atoms with Crippen molar-refractivity contribution in [3.8, 4) is 0 Å². The minimum Gasteiger partial charge on any atom is -0.440 e. The van der Waals surface area contributed by atoms with Gasteiger partial charge in [0.2, 0.25) is 20.0 Å². The number of nitrogens with zero attached hydrogens (tertiary/aromatic N) is 2. The molecule has 30 heavy (non-hydrogen) atoms. The molecule has 7 nitrogen and oxygen atoms in total. The normalized spacial score (nSPS) is 36.5. The molecule has 13 heteroatoms. The third-order valence-corrected chi connectivity index (χ3v) is 6.86. The van der Waals surface area contributed by atoms with Crippen LogP contribution in [0, 0.1) is 0 Å². The van der Waals surface area contributed by atoms with E-state index in [2.05, 4.69) is 6.58 Å². The van der Waals surface area contributed by atoms with Crippen LogP contribution in [0.4, 0.5) is 0 Å². The number of halogens is 6. The number of esters is 2. The molecule has 4 aliphatic rings. The van der Waals surface area contributed by atoms with Crippen molar-refractivity contribution in [3.05, 3.63) is 12.7 Å². The van der Waals surface area contributed by atoms with Crippen molar-refractivity contribution >= 4 is 87.8 Å². The molecule has 4 aliphatic heterocycles. The first-order valence-corrected chi connectivity index (χ1v) is 11.3. The number of aldehydes is 1. The molecule has 0 bridgehead atoms. The van der Waals surface area contributed by atoms with Crippen molar-refractivity contribution in [2.24, 2.45) is 0 Å². The standard InChI is InChI=1S/C9H10Cl3NO2.C8H8Cl3NO3/c1-2-8-4-3-5-13(8)6(9(10,11)12)15-7(8)14;9-8(10,11)5-12-3-1-2-7(12,4-13)6(14)15-5/h2,6H,1,3-5H2;4-5H,1-3H2/t6-,8+;5-,7-/m00/s1. The van der Waals surface area contributed by atoms with Crippen LogP contribution in [0.25, 0.3) is 0 Å². The lowest BCUT2D eigenvalue weighted by Gasteiger charge is -2.29. The van der Waals surface area contributed by atoms with Crippen molar-refractivity contribution < 1.29 is 23.9 Å². The summed E-state index contributed by atoms with van der Waals surface area (Å²) in [5.74, 6) is -0.988. The van der Waals surface area contributed by atoms with Gasteiger partial charge in [-0.2, -0.15) is 0 Å². The molecule has 0 radical (unpaired) electrons. The van der Waals surface area contributed by atoms with Crippen LogP contribution in [0.3, 0.4) is 0 Å². The molecule has 0 saturated carbocycles. The van der Waals surface area contributed by atoms with Crippen LogP contribution >= 0.6 is 69.6 Å². The van der Waals surface area contributed by atoms with Gasteiger partial charge in [0.1, 0.15) is 5.54 Å². The Bertz CT molecular complexity index is 694. The summed E-state index contributed by atoms with van der Waals surface area (Å²) >= 11 is 34.4. The summed E-state index contributed by atoms with van der Waals surface area (Å²) in [6.07, 6.45) is 3.07. The summed E-state index contributed by atoms with van der Waals surface area (Å²) in [6.45, 7) is 4.87. The van der Waals surface area contributed by atoms with E-state index in [1.54, 1.807) is 11.0 Å². The molecule has 4 fully saturated rings. The highest BCUT2D eigenvalue weighted by Gasteiger charge is 2.63. The number of ether oxygens (including phenoxy) is 2. The van der Waals surface area contributed by atoms with E-state index in [1.807, 2.05) is 0 Å². The first-order valence-electron chi connectivity index (χ1n) is 9.02. The predicted molar refractivity (Wildman–Crippen MR) is 114 cm³/mol. The number of rotatable bonds is 2. The van der Waals surface area contributed by atoms with Crippen LogP contribution in [0.1, 0.15) is 25.7 Å². The zero-order valence-electron chi connectivity index (χ0n) is 15.5. The minimum absolute atomic E-state index is 0.369. The molecule has 0 spiro atoms. The topological polar surface area (TPSA) is 76.2 Å². The Morgan fingerprint density at radius 1 is 0.867 bits per heavy atom. The molecule has 0 aliphatic carbocycles. The van der Waals surface area contributed by atoms with Crippen molar-refractivity contribution in [1.29, 1.82) is 0 Å². The molecule has 168 valence electrons. The van der Waals surface area contributed by atoms with Crippen molar-refractivity contribution in [3.63, 3.8) is 0 Å². The van der Waals surface area contributed by atoms with Crippen LogP contribution in [0.5, 0.6) is 0 Å². The molecular weight excluding hydrogens is 525 g/mol. The Morgan fingerprint density at radius 2 is 1.27 bits per heavy atom. The average Bonchev–Trinajstić information content (AvgIpc) is 3.36. The van der Waals surface area contributed by atoms with Crippen LogP contribution in [0.15, 0.2) is 12.7 Å². The third-order valence-electron chi connectivity index (χ3n) is 5.74. The van der Waals surface area contributed by atoms with E-state index in [9.17, 15) is 14.4 Å². The highest BCUT2D eigenvalue weighted by atomic mass is 35.6. The molecule has 0 aromatic heterocycles. The number of fused-ring (bicyclic) bond motifs is 2. The molecule has 4 saturated heterocycles. The van der Waals surface area contributed by atoms with Gasteiger partial charge in [-0.3, -0.25) is 0 Å². The zero-order valence-corrected chi connectivity index (χ0v) is 20.0. The van der Waals surface area contributed by atoms with E-state index in [0.717, 1.165) is 6.42 Å². The summed E-state index contributed by atoms with van der Waals surface area (Å²) in [4.78, 5) is 37.7. The zero-order chi connectivity index (χ0) is 22.5. The van der Waals surface area contributed by atoms with Gasteiger partial charge in [-0.1, -0.05) is 75.7 Å². The molecule has 0 aromatic rings. The van der Waals surface area contributed by atoms with Gasteiger partial charge < -0.3 is 14.3 Å². The van der Waals surface area contributed by atoms with E-state index in [0.29, 0.717) is 38.6 Å². The van der Waals surface area contributed by atoms with Gasteiger partial charge in [-0.05, 0) is 25.7 Å². The third kappa shape index (κ3) is 3.94. The molecular formula is C17H18Cl6N2O5. The van der Waals surface area contributed by atoms with Crippen molar-refractivity contribution in [2.75, 3.05) is 13.1 Å². The van der Waals surface area contributed by atoms with Crippen molar-refractivity contribution in [2.45, 2.75) is 56.8 Å². The van der Waals surface area contributed by atoms with Gasteiger partial charge in [0, 0.05) is 13.1 Å². The lowest BCUT2D eigenvalue weighted by Crippen LogP contribution is -2.50. The molecule has 4 heterocycles. The van der Waals surface area contributed by atoms with Gasteiger partial charge in [-0.15, -0.1) is 6.58 Å². The lowest BCUT2D eigenvalue weighted by molar-refractivity contribution is -0.147. The van der Waals surface area contributed by atoms with Gasteiger partial charge in [0.05, 0.1) is 0 Å². The molecule has 0 unspecified atom stereocenters. The first kappa shape index (κ1) is 24.6. The maximum Gasteiger partial charge on any atom is 0.335 e. The first-order chi connectivity index (χ1) is 13.8. The van der Waals surface area contributed by atoms with Crippen LogP contribution in [0.2, 0.25) is 0 Å². The second-order valence-electron chi connectivity index (χ2n) is 7.36. The number of carbonyl (C=O) groups excluding carboxylic acids is 3. The minimum atomic E-state index is -1.73. The summed E-state index contributed by atoms with van der Waals surface area (Å²) in [6, 6.07) is 0. The van der Waals surface area contributed by atoms with Gasteiger partial charge in [0.25, 0.3) is 0 Å². The fraction of sp³-hybridized carbons (Fsp3) is 0.706. The monoisotopic (exact) mass is 540 g/mol. The Labute approximate surface area is 203 Å². The molecule has 0 aromatic carbocycles. The fourth-order valence-corrected chi connectivity index (χ4v) is 5.29. The molecule has 0 amide bonds. The predicted octanol–water partition coefficient (Wildman–Crippen LogP) is 3.53. The van der Waals surface area contributed by atoms with Gasteiger partial charge in [-0.25, -0.2) is 19.4 Å². The van der Waals surface area contributed by atoms with E-state index < -0.39 is 37.1 Å². The SMILES string of the molecule is C=C[C@]12CCCN1[C@H](C(Cl)(Cl)Cl)OC2=O.O=C[C@]12CCCN1[C@H](C(Cl)(Cl)Cl)OC2=O. The van der Waals surface area contributed by atoms with E-state index in [-0.39, 0.29) is 5.97 Å². The summed E-state index contributed by atoms with van der Waals surface area (Å²) in [5.41, 5.74) is -2.01. The maximum atomic E-state index is 11.8. The number of alkyl halides is 6. The quantitative estimate of drug-likeness (QED) is 0.174. The highest BCUT2D eigenvalue weighted by Crippen LogP contribution is 2.47. The average molecular weight is 543 g/mol. The summed E-state index contributed by atoms with van der Waals surface area (Å²) in [5, 5.41) is 0. The van der Waals surface area contributed by atoms with Crippen LogP contribution in [-0.2, 0) is 23.9 Å². The molecule has 4 rings (SSSR count). The number of hydrogen-bond acceptors (Lipinski definition) is 7. The Morgan fingerprint density at radius 3 is 1.67 bits per heavy atom. The Hall–Kier alpha value is 0.01000. The van der Waals surface area contributed by atoms with E-state index in [1.165, 1.54) is 4.90 Å². The second-order valence-corrected chi connectivity index (χ2v) is 12.1. The van der Waals surface area contributed by atoms with Crippen LogP contribution in [-0.4, -0.2) is 72.2 Å². The van der Waals surface area contributed by atoms with Crippen molar-refractivity contribution in [1.82, 2.24) is 9.80 Å². The van der Waals surface area contributed by atoms with Crippen LogP contribution < -0.4 is 0 Å². The number of hydrogen-bond donors (Lipinski definition) is 0. The summed E-state index contributed by atoms with van der Waals surface area (Å²) in [7, 11) is 0. The molecule has 0 N–H and O–H groups in total. The Balaban J connectivity index is 0.000000171. The number of carbonyl (C=O) groups is 3.